The van der Waals surface area contributed by atoms with Crippen molar-refractivity contribution < 1.29 is 55.0 Å². The van der Waals surface area contributed by atoms with E-state index in [0.29, 0.717) is 50.8 Å². The van der Waals surface area contributed by atoms with Crippen LogP contribution < -0.4 is 21.4 Å². The van der Waals surface area contributed by atoms with Gasteiger partial charge in [0.05, 0.1) is 52.6 Å². The molecule has 0 amide bonds. The molecular formula is C32H38N12O12S5. The van der Waals surface area contributed by atoms with Gasteiger partial charge in [0.2, 0.25) is 16.9 Å². The molecule has 1 unspecified atom stereocenters. The SMILES string of the molecule is CCc1cc(C)c(S(=O)(=O)O)c(CC)c1Nc1nc(NC)nc(NCCS(=O)(=O)O)c1N=Nc1nn(-c2nc3ccc(SOONCC(O)CSOOO)cc3s2)cc1C#N. The number of aromatic nitrogens is 5. The van der Waals surface area contributed by atoms with Gasteiger partial charge >= 0.3 is 0 Å². The third kappa shape index (κ3) is 12.7. The summed E-state index contributed by atoms with van der Waals surface area (Å²) in [5.41, 5.74) is 4.49. The Bertz CT molecular complexity index is 2640. The number of nitrogens with zero attached hydrogens (tertiary/aromatic N) is 8. The lowest BCUT2D eigenvalue weighted by atomic mass is 9.99. The first-order valence-electron chi connectivity index (χ1n) is 17.6. The van der Waals surface area contributed by atoms with E-state index in [0.717, 1.165) is 16.7 Å². The predicted molar refractivity (Wildman–Crippen MR) is 224 cm³/mol. The summed E-state index contributed by atoms with van der Waals surface area (Å²) in [6.07, 6.45) is 1.10. The van der Waals surface area contributed by atoms with E-state index >= 15 is 0 Å². The fraction of sp³-hybridized carbons (Fsp3) is 0.344. The number of thiazole rings is 1. The number of rotatable bonds is 23. The highest BCUT2D eigenvalue weighted by Gasteiger charge is 2.25. The van der Waals surface area contributed by atoms with Crippen LogP contribution in [0.1, 0.15) is 36.1 Å². The van der Waals surface area contributed by atoms with Crippen molar-refractivity contribution in [1.82, 2.24) is 30.2 Å². The number of benzene rings is 2. The monoisotopic (exact) mass is 942 g/mol. The minimum Gasteiger partial charge on any atom is -0.391 e. The smallest absolute Gasteiger partial charge is 0.295 e. The lowest BCUT2D eigenvalue weighted by molar-refractivity contribution is -0.432. The molecule has 0 radical (unpaired) electrons. The lowest BCUT2D eigenvalue weighted by Gasteiger charge is -2.21. The first-order valence-corrected chi connectivity index (χ1v) is 23.1. The minimum absolute atomic E-state index is 0.00343. The Labute approximate surface area is 360 Å². The van der Waals surface area contributed by atoms with Gasteiger partial charge < -0.3 is 21.1 Å². The molecule has 3 heterocycles. The molecule has 0 saturated carbocycles. The van der Waals surface area contributed by atoms with Gasteiger partial charge in [-0.15, -0.1) is 29.0 Å². The van der Waals surface area contributed by atoms with Crippen LogP contribution in [0.4, 0.5) is 34.8 Å². The van der Waals surface area contributed by atoms with Gasteiger partial charge in [0.1, 0.15) is 16.5 Å². The molecule has 24 nitrogen and oxygen atoms in total. The van der Waals surface area contributed by atoms with Gasteiger partial charge in [0.25, 0.3) is 20.2 Å². The molecule has 328 valence electrons. The molecule has 5 rings (SSSR count). The van der Waals surface area contributed by atoms with E-state index in [1.807, 2.05) is 13.0 Å². The number of hydrogen-bond acceptors (Lipinski definition) is 24. The van der Waals surface area contributed by atoms with Crippen LogP contribution in [0.2, 0.25) is 0 Å². The molecule has 0 spiro atoms. The molecule has 0 saturated heterocycles. The van der Waals surface area contributed by atoms with Crippen LogP contribution in [0, 0.1) is 18.3 Å². The lowest BCUT2D eigenvalue weighted by Crippen LogP contribution is -2.28. The predicted octanol–water partition coefficient (Wildman–Crippen LogP) is 5.21. The molecule has 1 atom stereocenters. The fourth-order valence-electron chi connectivity index (χ4n) is 5.52. The summed E-state index contributed by atoms with van der Waals surface area (Å²) in [6.45, 7) is 4.80. The Kier molecular flexibility index (Phi) is 16.7. The van der Waals surface area contributed by atoms with Crippen molar-refractivity contribution >= 4 is 101 Å². The summed E-state index contributed by atoms with van der Waals surface area (Å²) >= 11 is 2.79. The van der Waals surface area contributed by atoms with Crippen molar-refractivity contribution in [2.45, 2.75) is 49.5 Å². The molecule has 3 aromatic heterocycles. The van der Waals surface area contributed by atoms with E-state index in [-0.39, 0.29) is 70.4 Å². The topological polar surface area (TPSA) is 339 Å². The summed E-state index contributed by atoms with van der Waals surface area (Å²) in [4.78, 5) is 18.7. The van der Waals surface area contributed by atoms with Gasteiger partial charge in [0, 0.05) is 36.2 Å². The van der Waals surface area contributed by atoms with Crippen LogP contribution in [-0.2, 0) is 51.8 Å². The molecule has 8 N–H and O–H groups in total. The molecule has 0 bridgehead atoms. The average Bonchev–Trinajstić information content (AvgIpc) is 3.83. The van der Waals surface area contributed by atoms with Crippen molar-refractivity contribution in [2.75, 3.05) is 47.6 Å². The van der Waals surface area contributed by atoms with E-state index in [4.69, 9.17) is 14.6 Å². The molecule has 2 aromatic carbocycles. The Hall–Kier alpha value is -4.65. The standard InChI is InChI=1S/C32H38N12O12S5/c1-5-18-11-17(3)27(61(50,51)52)22(6-2)25(18)38-30-26(29(39-31(34-4)40-30)35-9-10-60(47,48)49)41-42-28-19(13-33)15-44(43-28)32-37-23-8-7-21(12-24(23)58-32)59-55-53-36-14-20(45)16-57-56-54-46/h7-8,11-12,15,20,36,45-46H,5-6,9-10,14,16H2,1-4H3,(H,47,48,49)(H,50,51,52)(H3,34,35,38,39,40). The molecule has 0 aliphatic carbocycles. The number of aryl methyl sites for hydroxylation is 2. The molecule has 5 aromatic rings. The molecule has 0 aliphatic heterocycles. The van der Waals surface area contributed by atoms with Crippen molar-refractivity contribution in [3.63, 3.8) is 0 Å². The van der Waals surface area contributed by atoms with E-state index in [2.05, 4.69) is 61.1 Å². The Balaban J connectivity index is 1.47. The summed E-state index contributed by atoms with van der Waals surface area (Å²) in [7, 11) is -7.54. The van der Waals surface area contributed by atoms with Gasteiger partial charge in [-0.1, -0.05) is 36.3 Å². The van der Waals surface area contributed by atoms with Gasteiger partial charge in [-0.2, -0.15) is 37.5 Å². The Morgan fingerprint density at radius 3 is 2.51 bits per heavy atom. The highest BCUT2D eigenvalue weighted by molar-refractivity contribution is 7.94. The van der Waals surface area contributed by atoms with Crippen LogP contribution in [0.3, 0.4) is 0 Å². The van der Waals surface area contributed by atoms with Crippen LogP contribution in [-0.4, -0.2) is 98.8 Å². The zero-order valence-electron chi connectivity index (χ0n) is 32.4. The Morgan fingerprint density at radius 2 is 1.84 bits per heavy atom. The average molecular weight is 943 g/mol. The fourth-order valence-corrected chi connectivity index (χ4v) is 8.73. The van der Waals surface area contributed by atoms with Crippen molar-refractivity contribution in [3.8, 4) is 11.2 Å². The largest absolute Gasteiger partial charge is 0.391 e. The summed E-state index contributed by atoms with van der Waals surface area (Å²) in [5.74, 6) is -0.846. The van der Waals surface area contributed by atoms with Crippen molar-refractivity contribution in [2.24, 2.45) is 10.2 Å². The number of nitrogens with one attached hydrogen (secondary N) is 4. The van der Waals surface area contributed by atoms with E-state index in [1.54, 1.807) is 38.1 Å². The van der Waals surface area contributed by atoms with Gasteiger partial charge in [0.15, 0.2) is 17.3 Å². The Morgan fingerprint density at radius 1 is 1.07 bits per heavy atom. The van der Waals surface area contributed by atoms with E-state index in [1.165, 1.54) is 29.3 Å². The number of aliphatic hydroxyl groups excluding tert-OH is 1. The summed E-state index contributed by atoms with van der Waals surface area (Å²) in [6, 6.07) is 8.88. The molecular weight excluding hydrogens is 905 g/mol. The quantitative estimate of drug-likeness (QED) is 0.0104. The third-order valence-corrected chi connectivity index (χ3v) is 12.2. The molecule has 0 aliphatic rings. The molecule has 29 heteroatoms. The summed E-state index contributed by atoms with van der Waals surface area (Å²) < 4.78 is 79.2. The second-order valence-electron chi connectivity index (χ2n) is 12.3. The zero-order valence-corrected chi connectivity index (χ0v) is 36.5. The first-order chi connectivity index (χ1) is 29.1. The van der Waals surface area contributed by atoms with Crippen LogP contribution in [0.25, 0.3) is 15.3 Å². The maximum Gasteiger partial charge on any atom is 0.295 e. The van der Waals surface area contributed by atoms with Crippen molar-refractivity contribution in [3.05, 3.63) is 52.7 Å². The third-order valence-electron chi connectivity index (χ3n) is 8.13. The first kappa shape index (κ1) is 47.4. The number of hydroxylamine groups is 1. The normalized spacial score (nSPS) is 12.6. The number of azo groups is 1. The van der Waals surface area contributed by atoms with Crippen LogP contribution >= 0.6 is 35.4 Å². The van der Waals surface area contributed by atoms with Gasteiger partial charge in [-0.25, -0.2) is 14.9 Å². The van der Waals surface area contributed by atoms with E-state index in [9.17, 15) is 36.3 Å². The van der Waals surface area contributed by atoms with Crippen LogP contribution in [0.15, 0.2) is 50.5 Å². The number of anilines is 4. The highest BCUT2D eigenvalue weighted by Crippen LogP contribution is 2.40. The van der Waals surface area contributed by atoms with Crippen molar-refractivity contribution in [1.29, 1.82) is 5.26 Å². The van der Waals surface area contributed by atoms with Crippen LogP contribution in [0.5, 0.6) is 0 Å². The minimum atomic E-state index is -4.67. The van der Waals surface area contributed by atoms with E-state index < -0.39 is 32.1 Å². The summed E-state index contributed by atoms with van der Waals surface area (Å²) in [5, 5.41) is 53.6. The second-order valence-corrected chi connectivity index (χ2v) is 17.7. The number of nitriles is 1. The number of aliphatic hydroxyl groups is 1. The molecule has 0 fully saturated rings. The molecule has 61 heavy (non-hydrogen) atoms. The second kappa shape index (κ2) is 21.4. The highest BCUT2D eigenvalue weighted by atomic mass is 32.2. The van der Waals surface area contributed by atoms with Gasteiger partial charge in [-0.05, 0) is 54.7 Å². The number of hydrogen-bond donors (Lipinski definition) is 8. The number of fused-ring (bicyclic) bond motifs is 1. The maximum atomic E-state index is 12.6. The zero-order chi connectivity index (χ0) is 44.3. The maximum absolute atomic E-state index is 12.6. The van der Waals surface area contributed by atoms with Gasteiger partial charge in [-0.3, -0.25) is 9.11 Å².